The molecule has 9 heteroatoms. The lowest BCUT2D eigenvalue weighted by Gasteiger charge is -2.02. The molecule has 0 atom stereocenters. The van der Waals surface area contributed by atoms with Gasteiger partial charge in [0.15, 0.2) is 5.01 Å². The van der Waals surface area contributed by atoms with Gasteiger partial charge in [0.1, 0.15) is 5.69 Å². The Hall–Kier alpha value is -2.29. The second-order valence-electron chi connectivity index (χ2n) is 5.46. The molecule has 4 aromatic rings. The average Bonchev–Trinajstić information content (AvgIpc) is 3.24. The van der Waals surface area contributed by atoms with Crippen molar-refractivity contribution in [2.75, 3.05) is 5.32 Å². The number of aromatic nitrogens is 5. The van der Waals surface area contributed by atoms with Gasteiger partial charge in [0.25, 0.3) is 0 Å². The molecule has 0 saturated carbocycles. The second kappa shape index (κ2) is 7.14. The molecule has 6 nitrogen and oxygen atoms in total. The Morgan fingerprint density at radius 2 is 1.73 bits per heavy atom. The van der Waals surface area contributed by atoms with Crippen molar-refractivity contribution in [3.05, 3.63) is 63.7 Å². The van der Waals surface area contributed by atoms with Crippen LogP contribution in [0.2, 0.25) is 5.02 Å². The van der Waals surface area contributed by atoms with Crippen LogP contribution in [0.4, 0.5) is 10.8 Å². The Balaban J connectivity index is 1.60. The van der Waals surface area contributed by atoms with Crippen LogP contribution >= 0.6 is 38.9 Å². The molecular formula is C17H12BrClN6S. The highest BCUT2D eigenvalue weighted by molar-refractivity contribution is 9.10. The zero-order valence-electron chi connectivity index (χ0n) is 13.5. The van der Waals surface area contributed by atoms with Gasteiger partial charge in [-0.2, -0.15) is 0 Å². The standard InChI is InChI=1S/C17H12BrClN6S/c1-10-15(21-24-25(10)14-8-4-12(19)5-9-14)16-22-23-17(26-16)20-13-6-2-11(18)3-7-13/h2-9H,1H3,(H,20,23). The first kappa shape index (κ1) is 17.1. The van der Waals surface area contributed by atoms with E-state index < -0.39 is 0 Å². The first-order valence-electron chi connectivity index (χ1n) is 7.65. The van der Waals surface area contributed by atoms with Gasteiger partial charge in [0.2, 0.25) is 5.13 Å². The van der Waals surface area contributed by atoms with E-state index in [0.29, 0.717) is 20.9 Å². The predicted octanol–water partition coefficient (Wildman–Crippen LogP) is 5.25. The molecule has 26 heavy (non-hydrogen) atoms. The van der Waals surface area contributed by atoms with Crippen molar-refractivity contribution in [2.45, 2.75) is 6.92 Å². The molecule has 0 bridgehead atoms. The van der Waals surface area contributed by atoms with Crippen molar-refractivity contribution in [1.29, 1.82) is 0 Å². The van der Waals surface area contributed by atoms with Crippen molar-refractivity contribution in [1.82, 2.24) is 25.2 Å². The van der Waals surface area contributed by atoms with Gasteiger partial charge in [-0.15, -0.1) is 15.3 Å². The molecule has 0 aliphatic heterocycles. The molecule has 0 aliphatic rings. The molecule has 0 radical (unpaired) electrons. The summed E-state index contributed by atoms with van der Waals surface area (Å²) in [6, 6.07) is 15.3. The molecule has 0 aliphatic carbocycles. The number of anilines is 2. The number of hydrogen-bond donors (Lipinski definition) is 1. The van der Waals surface area contributed by atoms with Crippen LogP contribution in [0.25, 0.3) is 16.4 Å². The van der Waals surface area contributed by atoms with Crippen molar-refractivity contribution in [3.8, 4) is 16.4 Å². The van der Waals surface area contributed by atoms with E-state index in [9.17, 15) is 0 Å². The van der Waals surface area contributed by atoms with Gasteiger partial charge in [-0.3, -0.25) is 0 Å². The Kier molecular flexibility index (Phi) is 4.71. The number of benzene rings is 2. The van der Waals surface area contributed by atoms with Crippen LogP contribution in [0.5, 0.6) is 0 Å². The molecule has 2 heterocycles. The summed E-state index contributed by atoms with van der Waals surface area (Å²) in [6.45, 7) is 1.95. The quantitative estimate of drug-likeness (QED) is 0.462. The van der Waals surface area contributed by atoms with Crippen molar-refractivity contribution < 1.29 is 0 Å². The van der Waals surface area contributed by atoms with Gasteiger partial charge in [-0.05, 0) is 55.5 Å². The minimum atomic E-state index is 0.680. The minimum absolute atomic E-state index is 0.680. The van der Waals surface area contributed by atoms with Gasteiger partial charge >= 0.3 is 0 Å². The molecule has 2 aromatic heterocycles. The van der Waals surface area contributed by atoms with E-state index in [1.165, 1.54) is 11.3 Å². The summed E-state index contributed by atoms with van der Waals surface area (Å²) in [4.78, 5) is 0. The monoisotopic (exact) mass is 446 g/mol. The largest absolute Gasteiger partial charge is 0.330 e. The summed E-state index contributed by atoms with van der Waals surface area (Å²) in [5, 5.41) is 22.3. The van der Waals surface area contributed by atoms with Crippen LogP contribution in [0.3, 0.4) is 0 Å². The topological polar surface area (TPSA) is 68.5 Å². The highest BCUT2D eigenvalue weighted by Gasteiger charge is 2.16. The van der Waals surface area contributed by atoms with Crippen LogP contribution in [-0.4, -0.2) is 25.2 Å². The Morgan fingerprint density at radius 1 is 1.00 bits per heavy atom. The molecule has 1 N–H and O–H groups in total. The molecule has 0 amide bonds. The van der Waals surface area contributed by atoms with Crippen LogP contribution in [0, 0.1) is 6.92 Å². The van der Waals surface area contributed by atoms with E-state index in [4.69, 9.17) is 11.6 Å². The molecule has 0 saturated heterocycles. The number of rotatable bonds is 4. The average molecular weight is 448 g/mol. The zero-order valence-corrected chi connectivity index (χ0v) is 16.7. The highest BCUT2D eigenvalue weighted by Crippen LogP contribution is 2.30. The Morgan fingerprint density at radius 3 is 2.46 bits per heavy atom. The highest BCUT2D eigenvalue weighted by atomic mass is 79.9. The summed E-state index contributed by atoms with van der Waals surface area (Å²) in [7, 11) is 0. The van der Waals surface area contributed by atoms with Gasteiger partial charge in [-0.1, -0.05) is 44.1 Å². The summed E-state index contributed by atoms with van der Waals surface area (Å²) in [5.41, 5.74) is 3.43. The smallest absolute Gasteiger partial charge is 0.210 e. The van der Waals surface area contributed by atoms with Crippen LogP contribution in [0.15, 0.2) is 53.0 Å². The predicted molar refractivity (Wildman–Crippen MR) is 107 cm³/mol. The fourth-order valence-electron chi connectivity index (χ4n) is 2.38. The maximum absolute atomic E-state index is 5.95. The van der Waals surface area contributed by atoms with Crippen LogP contribution in [0.1, 0.15) is 5.69 Å². The Bertz CT molecular complexity index is 1040. The molecule has 0 fully saturated rings. The number of nitrogens with zero attached hydrogens (tertiary/aromatic N) is 5. The molecular weight excluding hydrogens is 436 g/mol. The third-order valence-electron chi connectivity index (χ3n) is 3.69. The van der Waals surface area contributed by atoms with E-state index in [2.05, 4.69) is 41.8 Å². The third-order valence-corrected chi connectivity index (χ3v) is 5.31. The van der Waals surface area contributed by atoms with Crippen molar-refractivity contribution in [2.24, 2.45) is 0 Å². The first-order chi connectivity index (χ1) is 12.6. The summed E-state index contributed by atoms with van der Waals surface area (Å²) >= 11 is 10.8. The van der Waals surface area contributed by atoms with E-state index in [1.54, 1.807) is 4.68 Å². The normalized spacial score (nSPS) is 10.9. The Labute approximate surface area is 167 Å². The number of hydrogen-bond acceptors (Lipinski definition) is 6. The van der Waals surface area contributed by atoms with Crippen molar-refractivity contribution in [3.63, 3.8) is 0 Å². The molecule has 130 valence electrons. The lowest BCUT2D eigenvalue weighted by Crippen LogP contribution is -1.98. The van der Waals surface area contributed by atoms with E-state index in [-0.39, 0.29) is 0 Å². The first-order valence-corrected chi connectivity index (χ1v) is 9.63. The third kappa shape index (κ3) is 3.48. The summed E-state index contributed by atoms with van der Waals surface area (Å²) < 4.78 is 2.78. The maximum Gasteiger partial charge on any atom is 0.210 e. The molecule has 2 aromatic carbocycles. The molecule has 0 spiro atoms. The molecule has 4 rings (SSSR count). The zero-order chi connectivity index (χ0) is 18.1. The van der Waals surface area contributed by atoms with Gasteiger partial charge in [0, 0.05) is 15.2 Å². The molecule has 0 unspecified atom stereocenters. The van der Waals surface area contributed by atoms with E-state index in [0.717, 1.165) is 21.5 Å². The fraction of sp³-hybridized carbons (Fsp3) is 0.0588. The summed E-state index contributed by atoms with van der Waals surface area (Å²) in [6.07, 6.45) is 0. The van der Waals surface area contributed by atoms with Gasteiger partial charge < -0.3 is 5.32 Å². The lowest BCUT2D eigenvalue weighted by atomic mass is 10.3. The van der Waals surface area contributed by atoms with Gasteiger partial charge in [-0.25, -0.2) is 4.68 Å². The minimum Gasteiger partial charge on any atom is -0.330 e. The van der Waals surface area contributed by atoms with E-state index >= 15 is 0 Å². The lowest BCUT2D eigenvalue weighted by molar-refractivity contribution is 0.785. The van der Waals surface area contributed by atoms with Crippen molar-refractivity contribution >= 4 is 49.7 Å². The van der Waals surface area contributed by atoms with Crippen LogP contribution in [-0.2, 0) is 0 Å². The number of halogens is 2. The SMILES string of the molecule is Cc1c(-c2nnc(Nc3ccc(Br)cc3)s2)nnn1-c1ccc(Cl)cc1. The maximum atomic E-state index is 5.95. The summed E-state index contributed by atoms with van der Waals surface area (Å²) in [5.74, 6) is 0. The van der Waals surface area contributed by atoms with Crippen LogP contribution < -0.4 is 5.32 Å². The van der Waals surface area contributed by atoms with Gasteiger partial charge in [0.05, 0.1) is 11.4 Å². The number of nitrogens with one attached hydrogen (secondary N) is 1. The second-order valence-corrected chi connectivity index (χ2v) is 7.79. The van der Waals surface area contributed by atoms with E-state index in [1.807, 2.05) is 55.5 Å². The fourth-order valence-corrected chi connectivity index (χ4v) is 3.57.